The molecular weight excluding hydrogens is 376 g/mol. The number of halogens is 3. The van der Waals surface area contributed by atoms with Gasteiger partial charge in [0.25, 0.3) is 0 Å². The molecule has 1 unspecified atom stereocenters. The molecule has 0 saturated carbocycles. The minimum atomic E-state index is -0.308. The zero-order valence-corrected chi connectivity index (χ0v) is 11.9. The molecule has 0 spiro atoms. The third kappa shape index (κ3) is 2.53. The quantitative estimate of drug-likeness (QED) is 0.456. The van der Waals surface area contributed by atoms with Gasteiger partial charge in [-0.2, -0.15) is 12.6 Å². The van der Waals surface area contributed by atoms with E-state index in [1.54, 1.807) is 0 Å². The van der Waals surface area contributed by atoms with Gasteiger partial charge in [0, 0.05) is 15.4 Å². The van der Waals surface area contributed by atoms with Gasteiger partial charge in [-0.3, -0.25) is 0 Å². The van der Waals surface area contributed by atoms with E-state index in [-0.39, 0.29) is 3.66 Å². The molecule has 1 aliphatic carbocycles. The van der Waals surface area contributed by atoms with Crippen LogP contribution in [0.2, 0.25) is 0 Å². The van der Waals surface area contributed by atoms with E-state index < -0.39 is 0 Å². The summed E-state index contributed by atoms with van der Waals surface area (Å²) in [5, 5.41) is 0. The average Bonchev–Trinajstić information content (AvgIpc) is 1.81. The van der Waals surface area contributed by atoms with E-state index in [2.05, 4.69) is 73.0 Å². The number of allylic oxidation sites excluding steroid dienone is 3. The first-order valence-corrected chi connectivity index (χ1v) is 6.07. The van der Waals surface area contributed by atoms with Gasteiger partial charge in [0.2, 0.25) is 0 Å². The molecule has 0 saturated heterocycles. The molecule has 0 aromatic rings. The average molecular weight is 381 g/mol. The Hall–Kier alpha value is 1.62. The Morgan fingerprint density at radius 1 is 1.45 bits per heavy atom. The molecule has 0 nitrogen and oxygen atoms in total. The van der Waals surface area contributed by atoms with E-state index in [0.717, 1.165) is 20.3 Å². The number of alkyl halides is 1. The van der Waals surface area contributed by atoms with Crippen LogP contribution >= 0.6 is 73.0 Å². The molecule has 0 aliphatic heterocycles. The zero-order valence-electron chi connectivity index (χ0n) is 5.31. The maximum atomic E-state index is 4.42. The third-order valence-corrected chi connectivity index (χ3v) is 5.70. The second kappa shape index (κ2) is 3.78. The van der Waals surface area contributed by atoms with Crippen molar-refractivity contribution in [1.82, 2.24) is 0 Å². The molecule has 1 aliphatic rings. The standard InChI is InChI=1S/C6H5Br3S2/c7-4-1-3(10)2-6(9,11)5(4)8/h1,10-11H,2H2. The molecule has 0 radical (unpaired) electrons. The molecule has 62 valence electrons. The van der Waals surface area contributed by atoms with Crippen LogP contribution in [-0.4, -0.2) is 3.66 Å². The first kappa shape index (κ1) is 10.7. The Morgan fingerprint density at radius 2 is 2.00 bits per heavy atom. The Morgan fingerprint density at radius 3 is 2.45 bits per heavy atom. The van der Waals surface area contributed by atoms with E-state index in [1.807, 2.05) is 6.08 Å². The highest BCUT2D eigenvalue weighted by Crippen LogP contribution is 2.47. The number of hydrogen-bond donors (Lipinski definition) is 2. The summed E-state index contributed by atoms with van der Waals surface area (Å²) >= 11 is 19.0. The third-order valence-electron chi connectivity index (χ3n) is 1.25. The molecule has 11 heavy (non-hydrogen) atoms. The first-order valence-electron chi connectivity index (χ1n) is 2.80. The van der Waals surface area contributed by atoms with Crippen molar-refractivity contribution in [2.45, 2.75) is 10.1 Å². The highest BCUT2D eigenvalue weighted by Gasteiger charge is 2.30. The Balaban J connectivity index is 3.07. The minimum Gasteiger partial charge on any atom is -0.155 e. The molecule has 0 aromatic carbocycles. The molecule has 0 aromatic heterocycles. The Kier molecular flexibility index (Phi) is 3.68. The van der Waals surface area contributed by atoms with E-state index in [9.17, 15) is 0 Å². The van der Waals surface area contributed by atoms with E-state index >= 15 is 0 Å². The van der Waals surface area contributed by atoms with Crippen LogP contribution < -0.4 is 0 Å². The van der Waals surface area contributed by atoms with Crippen LogP contribution in [-0.2, 0) is 0 Å². The van der Waals surface area contributed by atoms with Gasteiger partial charge in [0.05, 0.1) is 0 Å². The van der Waals surface area contributed by atoms with Crippen LogP contribution in [0.25, 0.3) is 0 Å². The summed E-state index contributed by atoms with van der Waals surface area (Å²) in [6.07, 6.45) is 2.75. The molecule has 0 amide bonds. The van der Waals surface area contributed by atoms with Crippen molar-refractivity contribution in [2.24, 2.45) is 0 Å². The fourth-order valence-corrected chi connectivity index (χ4v) is 3.74. The second-order valence-electron chi connectivity index (χ2n) is 2.23. The van der Waals surface area contributed by atoms with Crippen molar-refractivity contribution in [3.8, 4) is 0 Å². The molecule has 0 fully saturated rings. The van der Waals surface area contributed by atoms with Gasteiger partial charge in [-0.25, -0.2) is 0 Å². The van der Waals surface area contributed by atoms with Gasteiger partial charge in [0.15, 0.2) is 0 Å². The summed E-state index contributed by atoms with van der Waals surface area (Å²) in [6, 6.07) is 0. The van der Waals surface area contributed by atoms with Crippen LogP contribution in [0, 0.1) is 0 Å². The molecule has 5 heteroatoms. The van der Waals surface area contributed by atoms with E-state index in [0.29, 0.717) is 0 Å². The molecule has 1 rings (SSSR count). The summed E-state index contributed by atoms with van der Waals surface area (Å²) in [7, 11) is 0. The van der Waals surface area contributed by atoms with Crippen LogP contribution in [0.5, 0.6) is 0 Å². The number of thiol groups is 2. The van der Waals surface area contributed by atoms with Gasteiger partial charge >= 0.3 is 0 Å². The first-order chi connectivity index (χ1) is 4.93. The lowest BCUT2D eigenvalue weighted by atomic mass is 10.2. The van der Waals surface area contributed by atoms with Crippen LogP contribution in [0.4, 0.5) is 0 Å². The monoisotopic (exact) mass is 378 g/mol. The molecular formula is C6H5Br3S2. The lowest BCUT2D eigenvalue weighted by Crippen LogP contribution is -2.15. The van der Waals surface area contributed by atoms with Crippen molar-refractivity contribution in [3.05, 3.63) is 19.9 Å². The highest BCUT2D eigenvalue weighted by molar-refractivity contribution is 9.16. The van der Waals surface area contributed by atoms with Gasteiger partial charge in [-0.1, -0.05) is 31.9 Å². The van der Waals surface area contributed by atoms with Gasteiger partial charge in [0.1, 0.15) is 3.66 Å². The Bertz CT molecular complexity index is 242. The normalized spacial score (nSPS) is 32.3. The maximum Gasteiger partial charge on any atom is 0.105 e. The van der Waals surface area contributed by atoms with Crippen molar-refractivity contribution in [2.75, 3.05) is 0 Å². The summed E-state index contributed by atoms with van der Waals surface area (Å²) in [5.74, 6) is 0. The summed E-state index contributed by atoms with van der Waals surface area (Å²) in [5.41, 5.74) is 0. The van der Waals surface area contributed by atoms with E-state index in [4.69, 9.17) is 0 Å². The van der Waals surface area contributed by atoms with E-state index in [1.165, 1.54) is 0 Å². The predicted molar refractivity (Wildman–Crippen MR) is 67.2 cm³/mol. The van der Waals surface area contributed by atoms with Crippen molar-refractivity contribution < 1.29 is 0 Å². The lowest BCUT2D eigenvalue weighted by molar-refractivity contribution is 0.990. The minimum absolute atomic E-state index is 0.308. The molecule has 0 heterocycles. The van der Waals surface area contributed by atoms with Crippen LogP contribution in [0.3, 0.4) is 0 Å². The topological polar surface area (TPSA) is 0 Å². The summed E-state index contributed by atoms with van der Waals surface area (Å²) in [4.78, 5) is 1.01. The zero-order chi connectivity index (χ0) is 8.65. The Labute approximate surface area is 102 Å². The van der Waals surface area contributed by atoms with Gasteiger partial charge in [-0.15, -0.1) is 12.6 Å². The van der Waals surface area contributed by atoms with Gasteiger partial charge < -0.3 is 0 Å². The van der Waals surface area contributed by atoms with Crippen LogP contribution in [0.1, 0.15) is 6.42 Å². The SMILES string of the molecule is SC1=CC(Br)=C(Br)C(S)(Br)C1. The lowest BCUT2D eigenvalue weighted by Gasteiger charge is -2.25. The molecule has 0 bridgehead atoms. The predicted octanol–water partition coefficient (Wildman–Crippen LogP) is 4.23. The maximum absolute atomic E-state index is 4.42. The summed E-state index contributed by atoms with van der Waals surface area (Å²) in [6.45, 7) is 0. The second-order valence-corrected chi connectivity index (χ2v) is 7.19. The van der Waals surface area contributed by atoms with Crippen molar-refractivity contribution in [1.29, 1.82) is 0 Å². The number of rotatable bonds is 0. The fourth-order valence-electron chi connectivity index (χ4n) is 0.761. The molecule has 0 N–H and O–H groups in total. The van der Waals surface area contributed by atoms with Crippen molar-refractivity contribution >= 4 is 73.0 Å². The van der Waals surface area contributed by atoms with Crippen LogP contribution in [0.15, 0.2) is 19.9 Å². The smallest absolute Gasteiger partial charge is 0.105 e. The fraction of sp³-hybridized carbons (Fsp3) is 0.333. The highest BCUT2D eigenvalue weighted by atomic mass is 79.9. The van der Waals surface area contributed by atoms with Crippen molar-refractivity contribution in [3.63, 3.8) is 0 Å². The largest absolute Gasteiger partial charge is 0.155 e. The number of hydrogen-bond acceptors (Lipinski definition) is 2. The summed E-state index contributed by atoms with van der Waals surface area (Å²) < 4.78 is 1.68. The van der Waals surface area contributed by atoms with Gasteiger partial charge in [-0.05, 0) is 26.9 Å². The molecule has 1 atom stereocenters.